The molecule has 6 heteroatoms. The first kappa shape index (κ1) is 11.4. The zero-order valence-electron chi connectivity index (χ0n) is 8.17. The van der Waals surface area contributed by atoms with E-state index >= 15 is 0 Å². The first-order chi connectivity index (χ1) is 6.56. The molecule has 14 heavy (non-hydrogen) atoms. The lowest BCUT2D eigenvalue weighted by molar-refractivity contribution is 0.720. The van der Waals surface area contributed by atoms with E-state index in [4.69, 9.17) is 22.7 Å². The predicted octanol–water partition coefficient (Wildman–Crippen LogP) is 1.76. The molecule has 0 unspecified atom stereocenters. The highest BCUT2D eigenvalue weighted by Crippen LogP contribution is 2.24. The number of aromatic nitrogens is 2. The van der Waals surface area contributed by atoms with E-state index in [1.54, 1.807) is 4.68 Å². The van der Waals surface area contributed by atoms with Crippen molar-refractivity contribution in [3.63, 3.8) is 0 Å². The summed E-state index contributed by atoms with van der Waals surface area (Å²) in [7, 11) is 1.85. The molecule has 1 heterocycles. The number of nitrogens with two attached hydrogens (primary N) is 1. The summed E-state index contributed by atoms with van der Waals surface area (Å²) in [5, 5.41) is 12.2. The Kier molecular flexibility index (Phi) is 3.83. The average Bonchev–Trinajstić information content (AvgIpc) is 2.39. The predicted molar refractivity (Wildman–Crippen MR) is 60.8 cm³/mol. The Balaban J connectivity index is 2.85. The van der Waals surface area contributed by atoms with Gasteiger partial charge in [-0.25, -0.2) is 0 Å². The molecule has 4 nitrogen and oxygen atoms in total. The Labute approximate surface area is 92.3 Å². The maximum Gasteiger partial charge on any atom is 0.151 e. The highest BCUT2D eigenvalue weighted by atomic mass is 35.5. The topological polar surface area (TPSA) is 67.7 Å². The summed E-state index contributed by atoms with van der Waals surface area (Å²) in [5.74, 6) is 0.595. The molecule has 0 amide bonds. The minimum absolute atomic E-state index is 0.0975. The van der Waals surface area contributed by atoms with Crippen LogP contribution < -0.4 is 5.73 Å². The summed E-state index contributed by atoms with van der Waals surface area (Å²) < 4.78 is 1.75. The molecule has 0 radical (unpaired) electrons. The quantitative estimate of drug-likeness (QED) is 0.617. The number of hydrogen-bond acceptors (Lipinski definition) is 3. The smallest absolute Gasteiger partial charge is 0.151 e. The van der Waals surface area contributed by atoms with Crippen LogP contribution in [0.1, 0.15) is 18.3 Å². The minimum Gasteiger partial charge on any atom is -0.379 e. The van der Waals surface area contributed by atoms with Crippen molar-refractivity contribution < 1.29 is 0 Å². The van der Waals surface area contributed by atoms with Crippen molar-refractivity contribution in [3.8, 4) is 0 Å². The molecular weight excluding hydrogens is 220 g/mol. The lowest BCUT2D eigenvalue weighted by Crippen LogP contribution is -2.05. The van der Waals surface area contributed by atoms with Gasteiger partial charge in [-0.3, -0.25) is 10.1 Å². The van der Waals surface area contributed by atoms with Crippen LogP contribution >= 0.6 is 23.4 Å². The van der Waals surface area contributed by atoms with Gasteiger partial charge in [0.25, 0.3) is 0 Å². The fourth-order valence-electron chi connectivity index (χ4n) is 1.12. The molecule has 0 spiro atoms. The number of amidine groups is 1. The van der Waals surface area contributed by atoms with Gasteiger partial charge in [0.2, 0.25) is 0 Å². The number of rotatable bonds is 3. The van der Waals surface area contributed by atoms with Gasteiger partial charge in [-0.2, -0.15) is 5.10 Å². The second-order valence-corrected chi connectivity index (χ2v) is 4.23. The van der Waals surface area contributed by atoms with Crippen molar-refractivity contribution in [3.05, 3.63) is 16.4 Å². The van der Waals surface area contributed by atoms with Crippen LogP contribution in [0.3, 0.4) is 0 Å². The van der Waals surface area contributed by atoms with Crippen molar-refractivity contribution >= 4 is 28.5 Å². The fourth-order valence-corrected chi connectivity index (χ4v) is 2.19. The van der Waals surface area contributed by atoms with Gasteiger partial charge in [-0.15, -0.1) is 0 Å². The van der Waals surface area contributed by atoms with Crippen LogP contribution in [0, 0.1) is 5.41 Å². The molecule has 0 atom stereocenters. The molecular formula is C8H13ClN4S. The molecule has 0 aliphatic rings. The van der Waals surface area contributed by atoms with E-state index < -0.39 is 0 Å². The van der Waals surface area contributed by atoms with Gasteiger partial charge in [-0.05, 0) is 6.42 Å². The third-order valence-corrected chi connectivity index (χ3v) is 3.03. The third-order valence-electron chi connectivity index (χ3n) is 1.87. The van der Waals surface area contributed by atoms with Gasteiger partial charge in [0.1, 0.15) is 0 Å². The van der Waals surface area contributed by atoms with Crippen molar-refractivity contribution in [2.75, 3.05) is 0 Å². The standard InChI is InChI=1S/C8H13ClN4S/c1-3-5-7(9)6(13(2)12-5)4-14-8(10)11/h3-4H2,1-2H3,(H3,10,11). The number of nitrogens with one attached hydrogen (secondary N) is 1. The zero-order valence-corrected chi connectivity index (χ0v) is 9.74. The summed E-state index contributed by atoms with van der Waals surface area (Å²) in [6.45, 7) is 2.01. The molecule has 3 N–H and O–H groups in total. The first-order valence-corrected chi connectivity index (χ1v) is 5.59. The molecule has 0 saturated carbocycles. The molecule has 0 fully saturated rings. The van der Waals surface area contributed by atoms with Crippen LogP contribution in [0.4, 0.5) is 0 Å². The Morgan fingerprint density at radius 3 is 2.79 bits per heavy atom. The molecule has 0 saturated heterocycles. The normalized spacial score (nSPS) is 10.5. The highest BCUT2D eigenvalue weighted by molar-refractivity contribution is 8.13. The molecule has 0 aliphatic carbocycles. The van der Waals surface area contributed by atoms with E-state index in [-0.39, 0.29) is 5.17 Å². The maximum absolute atomic E-state index is 7.10. The molecule has 78 valence electrons. The second kappa shape index (κ2) is 4.70. The van der Waals surface area contributed by atoms with E-state index in [1.807, 2.05) is 14.0 Å². The van der Waals surface area contributed by atoms with Crippen LogP contribution in [-0.2, 0) is 19.2 Å². The number of thioether (sulfide) groups is 1. The van der Waals surface area contributed by atoms with Gasteiger partial charge in [0, 0.05) is 12.8 Å². The van der Waals surface area contributed by atoms with Crippen LogP contribution in [0.2, 0.25) is 5.02 Å². The van der Waals surface area contributed by atoms with Gasteiger partial charge in [0.05, 0.1) is 16.4 Å². The summed E-state index contributed by atoms with van der Waals surface area (Å²) in [6, 6.07) is 0. The van der Waals surface area contributed by atoms with Crippen molar-refractivity contribution in [2.45, 2.75) is 19.1 Å². The summed E-state index contributed by atoms with van der Waals surface area (Å²) >= 11 is 7.36. The minimum atomic E-state index is 0.0975. The SMILES string of the molecule is CCc1nn(C)c(CSC(=N)N)c1Cl. The fraction of sp³-hybridized carbons (Fsp3) is 0.500. The Morgan fingerprint density at radius 2 is 2.36 bits per heavy atom. The molecule has 1 aromatic rings. The number of nitrogens with zero attached hydrogens (tertiary/aromatic N) is 2. The van der Waals surface area contributed by atoms with Gasteiger partial charge >= 0.3 is 0 Å². The molecule has 0 bridgehead atoms. The van der Waals surface area contributed by atoms with Gasteiger partial charge < -0.3 is 5.73 Å². The lowest BCUT2D eigenvalue weighted by atomic mass is 10.3. The van der Waals surface area contributed by atoms with Crippen LogP contribution in [0.5, 0.6) is 0 Å². The monoisotopic (exact) mass is 232 g/mol. The lowest BCUT2D eigenvalue weighted by Gasteiger charge is -2.00. The van der Waals surface area contributed by atoms with E-state index in [0.29, 0.717) is 10.8 Å². The second-order valence-electron chi connectivity index (χ2n) is 2.84. The Bertz CT molecular complexity index is 347. The van der Waals surface area contributed by atoms with Crippen LogP contribution in [0.25, 0.3) is 0 Å². The molecule has 1 aromatic heterocycles. The third kappa shape index (κ3) is 2.42. The van der Waals surface area contributed by atoms with Crippen molar-refractivity contribution in [2.24, 2.45) is 12.8 Å². The van der Waals surface area contributed by atoms with E-state index in [2.05, 4.69) is 5.10 Å². The van der Waals surface area contributed by atoms with Crippen molar-refractivity contribution in [1.82, 2.24) is 9.78 Å². The molecule has 1 rings (SSSR count). The number of aryl methyl sites for hydroxylation is 2. The summed E-state index contributed by atoms with van der Waals surface area (Å²) in [6.07, 6.45) is 0.817. The van der Waals surface area contributed by atoms with Gasteiger partial charge in [0.15, 0.2) is 5.17 Å². The number of hydrogen-bond donors (Lipinski definition) is 2. The molecule has 0 aromatic carbocycles. The maximum atomic E-state index is 7.10. The first-order valence-electron chi connectivity index (χ1n) is 4.23. The largest absolute Gasteiger partial charge is 0.379 e. The molecule has 0 aliphatic heterocycles. The summed E-state index contributed by atoms with van der Waals surface area (Å²) in [5.41, 5.74) is 7.07. The average molecular weight is 233 g/mol. The van der Waals surface area contributed by atoms with E-state index in [1.165, 1.54) is 11.8 Å². The van der Waals surface area contributed by atoms with Crippen molar-refractivity contribution in [1.29, 1.82) is 5.41 Å². The zero-order chi connectivity index (χ0) is 10.7. The van der Waals surface area contributed by atoms with Gasteiger partial charge in [-0.1, -0.05) is 30.3 Å². The van der Waals surface area contributed by atoms with E-state index in [0.717, 1.165) is 17.8 Å². The van der Waals surface area contributed by atoms with Crippen LogP contribution in [-0.4, -0.2) is 14.9 Å². The van der Waals surface area contributed by atoms with E-state index in [9.17, 15) is 0 Å². The number of halogens is 1. The summed E-state index contributed by atoms with van der Waals surface area (Å²) in [4.78, 5) is 0. The Hall–Kier alpha value is -0.680. The van der Waals surface area contributed by atoms with Crippen LogP contribution in [0.15, 0.2) is 0 Å². The Morgan fingerprint density at radius 1 is 1.71 bits per heavy atom. The highest BCUT2D eigenvalue weighted by Gasteiger charge is 2.12.